The number of carbonyl (C=O) groups excluding carboxylic acids is 1. The standard InChI is InChI=1S/C36H42FN5O5/c1-20-24-9-8-16-46-32(24)27(37)18-25(20)31-26-19-28(23-10-11-38-29(17-23)42-14-12-41(13-15-42)22(3)43)40(7)34(26)39-21(2)30(31)33(35(44)45)47-36(4,5)6/h10-11,17-19,33H,8-9,12-16H2,1-7H3,(H,44,45)/t33-/m0/s1. The molecule has 2 aliphatic rings. The van der Waals surface area contributed by atoms with Gasteiger partial charge in [0, 0.05) is 79.7 Å². The summed E-state index contributed by atoms with van der Waals surface area (Å²) in [5.74, 6) is -0.483. The van der Waals surface area contributed by atoms with Gasteiger partial charge < -0.3 is 28.9 Å². The number of carboxylic acid groups (broad SMARTS) is 1. The maximum absolute atomic E-state index is 15.8. The van der Waals surface area contributed by atoms with Crippen molar-refractivity contribution in [2.24, 2.45) is 7.05 Å². The molecule has 0 spiro atoms. The Balaban J connectivity index is 1.57. The second-order valence-electron chi connectivity index (χ2n) is 13.4. The quantitative estimate of drug-likeness (QED) is 0.273. The van der Waals surface area contributed by atoms with Gasteiger partial charge >= 0.3 is 5.97 Å². The second kappa shape index (κ2) is 12.3. The third-order valence-corrected chi connectivity index (χ3v) is 9.16. The number of pyridine rings is 2. The molecule has 5 heterocycles. The van der Waals surface area contributed by atoms with Crippen LogP contribution in [0.3, 0.4) is 0 Å². The lowest BCUT2D eigenvalue weighted by Gasteiger charge is -2.35. The molecule has 0 bridgehead atoms. The van der Waals surface area contributed by atoms with Gasteiger partial charge in [-0.25, -0.2) is 19.2 Å². The number of carbonyl (C=O) groups is 2. The molecule has 6 rings (SSSR count). The Bertz CT molecular complexity index is 1890. The molecule has 0 aliphatic carbocycles. The zero-order valence-electron chi connectivity index (χ0n) is 28.1. The van der Waals surface area contributed by atoms with Crippen LogP contribution in [0, 0.1) is 19.7 Å². The van der Waals surface area contributed by atoms with E-state index in [9.17, 15) is 14.7 Å². The topological polar surface area (TPSA) is 110 Å². The number of amides is 1. The molecule has 248 valence electrons. The van der Waals surface area contributed by atoms with E-state index in [0.717, 1.165) is 34.6 Å². The van der Waals surface area contributed by atoms with Crippen molar-refractivity contribution in [3.05, 3.63) is 58.7 Å². The van der Waals surface area contributed by atoms with Crippen molar-refractivity contribution >= 4 is 28.7 Å². The molecule has 47 heavy (non-hydrogen) atoms. The van der Waals surface area contributed by atoms with E-state index < -0.39 is 23.5 Å². The van der Waals surface area contributed by atoms with E-state index in [1.807, 2.05) is 62.4 Å². The summed E-state index contributed by atoms with van der Waals surface area (Å²) in [4.78, 5) is 38.3. The first-order valence-corrected chi connectivity index (χ1v) is 16.1. The van der Waals surface area contributed by atoms with Crippen LogP contribution in [0.1, 0.15) is 62.6 Å². The Labute approximate surface area is 274 Å². The van der Waals surface area contributed by atoms with Crippen molar-refractivity contribution in [3.8, 4) is 28.1 Å². The van der Waals surface area contributed by atoms with Gasteiger partial charge in [0.25, 0.3) is 0 Å². The SMILES string of the molecule is CC(=O)N1CCN(c2cc(-c3cc4c(-c5cc(F)c6c(c5C)CCCO6)c([C@H](OC(C)(C)C)C(=O)O)c(C)nc4n3C)ccn2)CC1. The summed E-state index contributed by atoms with van der Waals surface area (Å²) in [6, 6.07) is 7.41. The number of halogens is 1. The summed E-state index contributed by atoms with van der Waals surface area (Å²) in [5.41, 5.74) is 5.31. The molecular formula is C36H42FN5O5. The predicted octanol–water partition coefficient (Wildman–Crippen LogP) is 5.99. The fourth-order valence-electron chi connectivity index (χ4n) is 6.85. The summed E-state index contributed by atoms with van der Waals surface area (Å²) in [6.07, 6.45) is 1.85. The lowest BCUT2D eigenvalue weighted by atomic mass is 9.86. The largest absolute Gasteiger partial charge is 0.490 e. The molecule has 4 aromatic rings. The lowest BCUT2D eigenvalue weighted by Crippen LogP contribution is -2.48. The van der Waals surface area contributed by atoms with Gasteiger partial charge in [0.1, 0.15) is 11.5 Å². The summed E-state index contributed by atoms with van der Waals surface area (Å²) in [6.45, 7) is 13.8. The van der Waals surface area contributed by atoms with Crippen LogP contribution in [-0.2, 0) is 27.8 Å². The third-order valence-electron chi connectivity index (χ3n) is 9.16. The fraction of sp³-hybridized carbons (Fsp3) is 0.444. The second-order valence-corrected chi connectivity index (χ2v) is 13.4. The highest BCUT2D eigenvalue weighted by atomic mass is 19.1. The average molecular weight is 644 g/mol. The van der Waals surface area contributed by atoms with Crippen molar-refractivity contribution in [2.45, 2.75) is 66.1 Å². The predicted molar refractivity (Wildman–Crippen MR) is 178 cm³/mol. The van der Waals surface area contributed by atoms with Gasteiger partial charge in [-0.2, -0.15) is 0 Å². The number of anilines is 1. The Morgan fingerprint density at radius 2 is 1.83 bits per heavy atom. The van der Waals surface area contributed by atoms with Crippen molar-refractivity contribution < 1.29 is 28.6 Å². The molecule has 1 fully saturated rings. The number of aliphatic carboxylic acids is 1. The van der Waals surface area contributed by atoms with Crippen molar-refractivity contribution in [3.63, 3.8) is 0 Å². The van der Waals surface area contributed by atoms with Gasteiger partial charge in [-0.05, 0) is 82.9 Å². The van der Waals surface area contributed by atoms with E-state index in [1.165, 1.54) is 6.07 Å². The van der Waals surface area contributed by atoms with Crippen LogP contribution in [0.5, 0.6) is 5.75 Å². The van der Waals surface area contributed by atoms with Crippen LogP contribution in [-0.4, -0.2) is 74.8 Å². The van der Waals surface area contributed by atoms with E-state index in [4.69, 9.17) is 14.5 Å². The van der Waals surface area contributed by atoms with Crippen LogP contribution in [0.2, 0.25) is 0 Å². The molecular weight excluding hydrogens is 601 g/mol. The molecule has 1 aromatic carbocycles. The molecule has 1 atom stereocenters. The van der Waals surface area contributed by atoms with Gasteiger partial charge in [-0.3, -0.25) is 4.79 Å². The van der Waals surface area contributed by atoms with Gasteiger partial charge in [0.2, 0.25) is 5.91 Å². The van der Waals surface area contributed by atoms with Crippen LogP contribution < -0.4 is 9.64 Å². The zero-order chi connectivity index (χ0) is 33.8. The molecule has 0 radical (unpaired) electrons. The minimum atomic E-state index is -1.35. The number of benzene rings is 1. The van der Waals surface area contributed by atoms with E-state index >= 15 is 4.39 Å². The smallest absolute Gasteiger partial charge is 0.337 e. The number of hydrogen-bond acceptors (Lipinski definition) is 7. The highest BCUT2D eigenvalue weighted by molar-refractivity contribution is 6.01. The fourth-order valence-corrected chi connectivity index (χ4v) is 6.85. The van der Waals surface area contributed by atoms with Crippen molar-refractivity contribution in [1.82, 2.24) is 19.4 Å². The van der Waals surface area contributed by atoms with Crippen LogP contribution in [0.25, 0.3) is 33.4 Å². The summed E-state index contributed by atoms with van der Waals surface area (Å²) >= 11 is 0. The van der Waals surface area contributed by atoms with Crippen LogP contribution >= 0.6 is 0 Å². The van der Waals surface area contributed by atoms with Gasteiger partial charge in [-0.15, -0.1) is 0 Å². The van der Waals surface area contributed by atoms with Crippen molar-refractivity contribution in [2.75, 3.05) is 37.7 Å². The number of aryl methyl sites for hydroxylation is 2. The summed E-state index contributed by atoms with van der Waals surface area (Å²) in [7, 11) is 1.92. The minimum Gasteiger partial charge on any atom is -0.490 e. The first-order chi connectivity index (χ1) is 22.2. The third kappa shape index (κ3) is 6.04. The number of piperazine rings is 1. The molecule has 2 aliphatic heterocycles. The maximum Gasteiger partial charge on any atom is 0.337 e. The van der Waals surface area contributed by atoms with Gasteiger partial charge in [-0.1, -0.05) is 0 Å². The molecule has 0 saturated carbocycles. The van der Waals surface area contributed by atoms with E-state index in [-0.39, 0.29) is 11.7 Å². The highest BCUT2D eigenvalue weighted by Crippen LogP contribution is 2.45. The number of nitrogens with zero attached hydrogens (tertiary/aromatic N) is 5. The first kappa shape index (κ1) is 32.4. The van der Waals surface area contributed by atoms with E-state index in [0.29, 0.717) is 72.6 Å². The van der Waals surface area contributed by atoms with Gasteiger partial charge in [0.15, 0.2) is 17.7 Å². The zero-order valence-corrected chi connectivity index (χ0v) is 28.1. The molecule has 10 nitrogen and oxygen atoms in total. The van der Waals surface area contributed by atoms with E-state index in [1.54, 1.807) is 20.0 Å². The normalized spacial score (nSPS) is 15.8. The number of aromatic nitrogens is 3. The number of ether oxygens (including phenoxy) is 2. The Hall–Kier alpha value is -4.51. The minimum absolute atomic E-state index is 0.0689. The Morgan fingerprint density at radius 3 is 2.49 bits per heavy atom. The van der Waals surface area contributed by atoms with Crippen LogP contribution in [0.4, 0.5) is 10.2 Å². The lowest BCUT2D eigenvalue weighted by molar-refractivity contribution is -0.160. The number of rotatable bonds is 6. The van der Waals surface area contributed by atoms with Gasteiger partial charge in [0.05, 0.1) is 17.9 Å². The molecule has 3 aromatic heterocycles. The molecule has 1 N–H and O–H groups in total. The average Bonchev–Trinajstić information content (AvgIpc) is 3.36. The highest BCUT2D eigenvalue weighted by Gasteiger charge is 2.34. The van der Waals surface area contributed by atoms with E-state index in [2.05, 4.69) is 9.88 Å². The number of hydrogen-bond donors (Lipinski definition) is 1. The number of fused-ring (bicyclic) bond motifs is 2. The Kier molecular flexibility index (Phi) is 8.46. The summed E-state index contributed by atoms with van der Waals surface area (Å²) in [5, 5.41) is 11.2. The van der Waals surface area contributed by atoms with Crippen LogP contribution in [0.15, 0.2) is 30.5 Å². The number of carboxylic acids is 1. The molecule has 1 saturated heterocycles. The molecule has 11 heteroatoms. The van der Waals surface area contributed by atoms with Crippen molar-refractivity contribution in [1.29, 1.82) is 0 Å². The Morgan fingerprint density at radius 1 is 1.11 bits per heavy atom. The molecule has 1 amide bonds. The summed E-state index contributed by atoms with van der Waals surface area (Å²) < 4.78 is 29.7. The molecule has 0 unspecified atom stereocenters. The maximum atomic E-state index is 15.8. The monoisotopic (exact) mass is 643 g/mol. The first-order valence-electron chi connectivity index (χ1n) is 16.1.